The van der Waals surface area contributed by atoms with Crippen molar-refractivity contribution in [2.45, 2.75) is 13.0 Å². The van der Waals surface area contributed by atoms with Crippen molar-refractivity contribution in [3.63, 3.8) is 0 Å². The minimum atomic E-state index is 0.254. The maximum atomic E-state index is 9.45. The van der Waals surface area contributed by atoms with Crippen molar-refractivity contribution in [3.8, 4) is 5.75 Å². The van der Waals surface area contributed by atoms with Gasteiger partial charge in [-0.05, 0) is 29.8 Å². The van der Waals surface area contributed by atoms with E-state index in [0.717, 1.165) is 16.9 Å². The van der Waals surface area contributed by atoms with E-state index in [4.69, 9.17) is 5.73 Å². The number of hydrogen-bond acceptors (Lipinski definition) is 4. The summed E-state index contributed by atoms with van der Waals surface area (Å²) in [5.41, 5.74) is 8.37. The molecular weight excluding hydrogens is 240 g/mol. The molecule has 2 aromatic heterocycles. The van der Waals surface area contributed by atoms with Gasteiger partial charge in [0.05, 0.1) is 5.69 Å². The van der Waals surface area contributed by atoms with Crippen LogP contribution in [0, 0.1) is 0 Å². The van der Waals surface area contributed by atoms with Gasteiger partial charge in [-0.15, -0.1) is 0 Å². The molecule has 0 radical (unpaired) electrons. The molecule has 0 saturated carbocycles. The molecule has 96 valence electrons. The van der Waals surface area contributed by atoms with E-state index in [1.807, 2.05) is 30.3 Å². The van der Waals surface area contributed by atoms with Crippen LogP contribution in [0.25, 0.3) is 5.65 Å². The van der Waals surface area contributed by atoms with Crippen LogP contribution in [0.5, 0.6) is 5.75 Å². The Morgan fingerprint density at radius 2 is 2.00 bits per heavy atom. The van der Waals surface area contributed by atoms with Gasteiger partial charge in [0.1, 0.15) is 5.75 Å². The molecule has 19 heavy (non-hydrogen) atoms. The van der Waals surface area contributed by atoms with E-state index in [9.17, 15) is 5.11 Å². The van der Waals surface area contributed by atoms with Crippen molar-refractivity contribution < 1.29 is 5.11 Å². The Kier molecular flexibility index (Phi) is 2.89. The highest BCUT2D eigenvalue weighted by molar-refractivity contribution is 5.39. The third-order valence-electron chi connectivity index (χ3n) is 2.96. The Hall–Kier alpha value is -2.40. The van der Waals surface area contributed by atoms with Crippen LogP contribution >= 0.6 is 0 Å². The number of pyridine rings is 1. The van der Waals surface area contributed by atoms with Gasteiger partial charge in [-0.25, -0.2) is 9.50 Å². The van der Waals surface area contributed by atoms with Crippen LogP contribution in [0.1, 0.15) is 17.1 Å². The molecule has 0 amide bonds. The molecule has 0 aliphatic carbocycles. The molecule has 0 unspecified atom stereocenters. The molecule has 5 nitrogen and oxygen atoms in total. The lowest BCUT2D eigenvalue weighted by Gasteiger charge is -1.99. The number of rotatable bonds is 3. The highest BCUT2D eigenvalue weighted by Crippen LogP contribution is 2.14. The fraction of sp³-hybridized carbons (Fsp3) is 0.143. The molecule has 0 aliphatic rings. The van der Waals surface area contributed by atoms with E-state index in [0.29, 0.717) is 18.8 Å². The van der Waals surface area contributed by atoms with Crippen LogP contribution in [0.3, 0.4) is 0 Å². The number of nitrogens with zero attached hydrogens (tertiary/aromatic N) is 3. The lowest BCUT2D eigenvalue weighted by molar-refractivity contribution is 0.474. The van der Waals surface area contributed by atoms with Crippen LogP contribution in [0.15, 0.2) is 42.5 Å². The molecule has 0 bridgehead atoms. The van der Waals surface area contributed by atoms with Crippen LogP contribution in [0.4, 0.5) is 0 Å². The summed E-state index contributed by atoms with van der Waals surface area (Å²) < 4.78 is 1.76. The van der Waals surface area contributed by atoms with E-state index < -0.39 is 0 Å². The summed E-state index contributed by atoms with van der Waals surface area (Å²) in [6.07, 6.45) is 0.583. The molecular formula is C14H14N4O. The predicted octanol–water partition coefficient (Wildman–Crippen LogP) is 1.48. The molecule has 3 aromatic rings. The molecule has 1 aromatic carbocycles. The summed E-state index contributed by atoms with van der Waals surface area (Å²) >= 11 is 0. The van der Waals surface area contributed by atoms with Crippen molar-refractivity contribution >= 4 is 5.65 Å². The summed E-state index contributed by atoms with van der Waals surface area (Å²) in [5, 5.41) is 13.9. The highest BCUT2D eigenvalue weighted by atomic mass is 16.3. The Bertz CT molecular complexity index is 720. The largest absolute Gasteiger partial charge is 0.508 e. The first-order valence-corrected chi connectivity index (χ1v) is 6.08. The predicted molar refractivity (Wildman–Crippen MR) is 71.8 cm³/mol. The second-order valence-electron chi connectivity index (χ2n) is 4.37. The molecule has 0 atom stereocenters. The number of nitrogens with two attached hydrogens (primary N) is 1. The average molecular weight is 254 g/mol. The second-order valence-corrected chi connectivity index (χ2v) is 4.37. The van der Waals surface area contributed by atoms with Gasteiger partial charge in [0, 0.05) is 13.0 Å². The maximum Gasteiger partial charge on any atom is 0.156 e. The number of hydrogen-bond donors (Lipinski definition) is 2. The van der Waals surface area contributed by atoms with Crippen molar-refractivity contribution in [2.24, 2.45) is 5.73 Å². The molecule has 0 aliphatic heterocycles. The van der Waals surface area contributed by atoms with E-state index >= 15 is 0 Å². The number of phenols is 1. The first kappa shape index (κ1) is 11.7. The molecule has 0 fully saturated rings. The number of fused-ring (bicyclic) bond motifs is 1. The van der Waals surface area contributed by atoms with Gasteiger partial charge in [0.25, 0.3) is 0 Å². The first-order chi connectivity index (χ1) is 9.26. The first-order valence-electron chi connectivity index (χ1n) is 6.08. The minimum absolute atomic E-state index is 0.254. The molecule has 2 heterocycles. The lowest BCUT2D eigenvalue weighted by Crippen LogP contribution is -2.04. The maximum absolute atomic E-state index is 9.45. The molecule has 3 rings (SSSR count). The van der Waals surface area contributed by atoms with Crippen molar-refractivity contribution in [3.05, 3.63) is 59.5 Å². The van der Waals surface area contributed by atoms with Crippen LogP contribution in [-0.4, -0.2) is 19.7 Å². The quantitative estimate of drug-likeness (QED) is 0.742. The van der Waals surface area contributed by atoms with E-state index in [2.05, 4.69) is 10.1 Å². The molecule has 0 saturated heterocycles. The number of phenolic OH excluding ortho intramolecular Hbond substituents is 1. The average Bonchev–Trinajstić information content (AvgIpc) is 2.80. The number of benzene rings is 1. The summed E-state index contributed by atoms with van der Waals surface area (Å²) in [7, 11) is 0. The van der Waals surface area contributed by atoms with E-state index in [1.165, 1.54) is 0 Å². The fourth-order valence-corrected chi connectivity index (χ4v) is 2.08. The second kappa shape index (κ2) is 4.70. The van der Waals surface area contributed by atoms with E-state index in [-0.39, 0.29) is 5.75 Å². The van der Waals surface area contributed by atoms with Crippen LogP contribution in [0.2, 0.25) is 0 Å². The third-order valence-corrected chi connectivity index (χ3v) is 2.96. The SMILES string of the molecule is NCc1cccc2nc(Cc3cccc(O)c3)nn12. The van der Waals surface area contributed by atoms with Gasteiger partial charge >= 0.3 is 0 Å². The Balaban J connectivity index is 1.98. The zero-order chi connectivity index (χ0) is 13.2. The lowest BCUT2D eigenvalue weighted by atomic mass is 10.1. The zero-order valence-electron chi connectivity index (χ0n) is 10.3. The van der Waals surface area contributed by atoms with Crippen LogP contribution in [-0.2, 0) is 13.0 Å². The van der Waals surface area contributed by atoms with Gasteiger partial charge in [0.2, 0.25) is 0 Å². The number of aromatic nitrogens is 3. The van der Waals surface area contributed by atoms with Crippen molar-refractivity contribution in [1.29, 1.82) is 0 Å². The Morgan fingerprint density at radius 1 is 1.16 bits per heavy atom. The van der Waals surface area contributed by atoms with Gasteiger partial charge < -0.3 is 10.8 Å². The van der Waals surface area contributed by atoms with Gasteiger partial charge in [-0.2, -0.15) is 5.10 Å². The standard InChI is InChI=1S/C14H14N4O/c15-9-11-4-2-6-14-16-13(17-18(11)14)8-10-3-1-5-12(19)7-10/h1-7,19H,8-9,15H2. The fourth-order valence-electron chi connectivity index (χ4n) is 2.08. The van der Waals surface area contributed by atoms with Crippen LogP contribution < -0.4 is 5.73 Å². The van der Waals surface area contributed by atoms with Gasteiger partial charge in [0.15, 0.2) is 11.5 Å². The van der Waals surface area contributed by atoms with Gasteiger partial charge in [-0.1, -0.05) is 18.2 Å². The number of aromatic hydroxyl groups is 1. The summed E-state index contributed by atoms with van der Waals surface area (Å²) in [4.78, 5) is 4.46. The van der Waals surface area contributed by atoms with Gasteiger partial charge in [-0.3, -0.25) is 0 Å². The highest BCUT2D eigenvalue weighted by Gasteiger charge is 2.07. The summed E-state index contributed by atoms with van der Waals surface area (Å²) in [5.74, 6) is 0.968. The smallest absolute Gasteiger partial charge is 0.156 e. The third kappa shape index (κ3) is 2.28. The molecule has 0 spiro atoms. The summed E-state index contributed by atoms with van der Waals surface area (Å²) in [6, 6.07) is 12.9. The summed E-state index contributed by atoms with van der Waals surface area (Å²) in [6.45, 7) is 0.423. The zero-order valence-corrected chi connectivity index (χ0v) is 10.3. The molecule has 5 heteroatoms. The topological polar surface area (TPSA) is 76.4 Å². The van der Waals surface area contributed by atoms with Crippen molar-refractivity contribution in [2.75, 3.05) is 0 Å². The normalized spacial score (nSPS) is 11.0. The monoisotopic (exact) mass is 254 g/mol. The Morgan fingerprint density at radius 3 is 2.79 bits per heavy atom. The molecule has 3 N–H and O–H groups in total. The Labute approximate surface area is 110 Å². The van der Waals surface area contributed by atoms with Crippen molar-refractivity contribution in [1.82, 2.24) is 14.6 Å². The minimum Gasteiger partial charge on any atom is -0.508 e. The van der Waals surface area contributed by atoms with E-state index in [1.54, 1.807) is 16.6 Å².